The summed E-state index contributed by atoms with van der Waals surface area (Å²) in [6, 6.07) is 12.6. The number of benzene rings is 1. The number of rotatable bonds is 3. The second-order valence-electron chi connectivity index (χ2n) is 4.77. The first kappa shape index (κ1) is 13.1. The third-order valence-electron chi connectivity index (χ3n) is 3.30. The number of hydrogen-bond donors (Lipinski definition) is 1. The van der Waals surface area contributed by atoms with Gasteiger partial charge in [-0.05, 0) is 6.92 Å². The summed E-state index contributed by atoms with van der Waals surface area (Å²) in [7, 11) is 0. The van der Waals surface area contributed by atoms with Crippen molar-refractivity contribution in [3.05, 3.63) is 58.5 Å². The molecule has 2 heterocycles. The van der Waals surface area contributed by atoms with Crippen molar-refractivity contribution < 1.29 is 9.90 Å². The predicted octanol–water partition coefficient (Wildman–Crippen LogP) is 1.56. The number of carbonyl (C=O) groups is 1. The van der Waals surface area contributed by atoms with E-state index in [9.17, 15) is 9.59 Å². The molecular weight excluding hydrogens is 270 g/mol. The van der Waals surface area contributed by atoms with Crippen LogP contribution in [0.25, 0.3) is 16.9 Å². The minimum Gasteiger partial charge on any atom is -0.480 e. The van der Waals surface area contributed by atoms with Crippen LogP contribution in [0.3, 0.4) is 0 Å². The van der Waals surface area contributed by atoms with E-state index in [1.165, 1.54) is 10.6 Å². The fourth-order valence-electron chi connectivity index (χ4n) is 2.32. The Hall–Kier alpha value is -2.89. The van der Waals surface area contributed by atoms with E-state index >= 15 is 0 Å². The molecule has 0 saturated carbocycles. The van der Waals surface area contributed by atoms with E-state index in [0.717, 1.165) is 5.56 Å². The van der Waals surface area contributed by atoms with Gasteiger partial charge in [0.25, 0.3) is 5.56 Å². The zero-order chi connectivity index (χ0) is 15.0. The fraction of sp³-hybridized carbons (Fsp3) is 0.133. The molecule has 0 fully saturated rings. The number of carboxylic acid groups (broad SMARTS) is 1. The standard InChI is InChI=1S/C15H13N3O3/c1-10-7-14(19)18-13(17(10)9-15(20)21)8-12(16-18)11-5-3-2-4-6-11/h2-8H,9H2,1H3,(H,20,21). The molecule has 21 heavy (non-hydrogen) atoms. The lowest BCUT2D eigenvalue weighted by atomic mass is 10.2. The number of aryl methyl sites for hydroxylation is 1. The molecule has 1 aromatic carbocycles. The van der Waals surface area contributed by atoms with Gasteiger partial charge in [-0.3, -0.25) is 9.59 Å². The van der Waals surface area contributed by atoms with Crippen molar-refractivity contribution in [2.45, 2.75) is 13.5 Å². The first-order valence-corrected chi connectivity index (χ1v) is 6.44. The van der Waals surface area contributed by atoms with Gasteiger partial charge >= 0.3 is 5.97 Å². The Morgan fingerprint density at radius 2 is 1.95 bits per heavy atom. The van der Waals surface area contributed by atoms with Gasteiger partial charge in [0.05, 0.1) is 5.69 Å². The molecule has 0 saturated heterocycles. The van der Waals surface area contributed by atoms with E-state index < -0.39 is 5.97 Å². The number of carboxylic acids is 1. The quantitative estimate of drug-likeness (QED) is 0.791. The van der Waals surface area contributed by atoms with Crippen LogP contribution in [-0.2, 0) is 11.3 Å². The zero-order valence-electron chi connectivity index (χ0n) is 11.4. The van der Waals surface area contributed by atoms with E-state index in [1.807, 2.05) is 30.3 Å². The molecule has 3 rings (SSSR count). The third kappa shape index (κ3) is 2.31. The maximum Gasteiger partial charge on any atom is 0.323 e. The Morgan fingerprint density at radius 1 is 1.24 bits per heavy atom. The van der Waals surface area contributed by atoms with E-state index in [4.69, 9.17) is 5.11 Å². The summed E-state index contributed by atoms with van der Waals surface area (Å²) in [4.78, 5) is 23.0. The third-order valence-corrected chi connectivity index (χ3v) is 3.30. The van der Waals surface area contributed by atoms with Gasteiger partial charge in [0, 0.05) is 23.4 Å². The van der Waals surface area contributed by atoms with Crippen molar-refractivity contribution in [3.8, 4) is 11.3 Å². The van der Waals surface area contributed by atoms with Crippen molar-refractivity contribution in [1.29, 1.82) is 0 Å². The minimum absolute atomic E-state index is 0.213. The lowest BCUT2D eigenvalue weighted by Crippen LogP contribution is -2.22. The largest absolute Gasteiger partial charge is 0.480 e. The number of hydrogen-bond acceptors (Lipinski definition) is 3. The van der Waals surface area contributed by atoms with Gasteiger partial charge in [-0.15, -0.1) is 0 Å². The molecule has 1 N–H and O–H groups in total. The highest BCUT2D eigenvalue weighted by atomic mass is 16.4. The Kier molecular flexibility index (Phi) is 3.06. The molecular formula is C15H13N3O3. The van der Waals surface area contributed by atoms with E-state index in [0.29, 0.717) is 17.0 Å². The second-order valence-corrected chi connectivity index (χ2v) is 4.77. The van der Waals surface area contributed by atoms with Gasteiger partial charge in [-0.1, -0.05) is 30.3 Å². The Labute approximate surface area is 119 Å². The highest BCUT2D eigenvalue weighted by molar-refractivity contribution is 5.69. The molecule has 0 unspecified atom stereocenters. The SMILES string of the molecule is Cc1cc(=O)n2nc(-c3ccccc3)cc2n1CC(=O)O. The first-order valence-electron chi connectivity index (χ1n) is 6.44. The van der Waals surface area contributed by atoms with Gasteiger partial charge in [-0.2, -0.15) is 9.61 Å². The molecule has 0 bridgehead atoms. The normalized spacial score (nSPS) is 10.9. The lowest BCUT2D eigenvalue weighted by Gasteiger charge is -2.09. The van der Waals surface area contributed by atoms with Gasteiger partial charge in [0.15, 0.2) is 0 Å². The van der Waals surface area contributed by atoms with Crippen LogP contribution in [0.15, 0.2) is 47.3 Å². The molecule has 0 aliphatic carbocycles. The number of nitrogens with zero attached hydrogens (tertiary/aromatic N) is 3. The van der Waals surface area contributed by atoms with Crippen molar-refractivity contribution >= 4 is 11.6 Å². The van der Waals surface area contributed by atoms with Crippen LogP contribution in [0.1, 0.15) is 5.69 Å². The summed E-state index contributed by atoms with van der Waals surface area (Å²) < 4.78 is 2.79. The first-order chi connectivity index (χ1) is 10.1. The van der Waals surface area contributed by atoms with Crippen LogP contribution < -0.4 is 5.56 Å². The van der Waals surface area contributed by atoms with Crippen molar-refractivity contribution in [1.82, 2.24) is 14.2 Å². The second kappa shape index (κ2) is 4.90. The van der Waals surface area contributed by atoms with Crippen molar-refractivity contribution in [2.24, 2.45) is 0 Å². The van der Waals surface area contributed by atoms with Gasteiger partial charge in [-0.25, -0.2) is 0 Å². The summed E-state index contributed by atoms with van der Waals surface area (Å²) in [5.41, 5.74) is 2.31. The monoisotopic (exact) mass is 283 g/mol. The van der Waals surface area contributed by atoms with Crippen molar-refractivity contribution in [2.75, 3.05) is 0 Å². The van der Waals surface area contributed by atoms with E-state index in [2.05, 4.69) is 5.10 Å². The van der Waals surface area contributed by atoms with Crippen LogP contribution in [0.4, 0.5) is 0 Å². The number of fused-ring (bicyclic) bond motifs is 1. The molecule has 0 aliphatic heterocycles. The number of aromatic nitrogens is 3. The molecule has 0 amide bonds. The van der Waals surface area contributed by atoms with Gasteiger partial charge in [0.1, 0.15) is 12.2 Å². The fourth-order valence-corrected chi connectivity index (χ4v) is 2.32. The summed E-state index contributed by atoms with van der Waals surface area (Å²) in [6.07, 6.45) is 0. The van der Waals surface area contributed by atoms with Crippen LogP contribution in [0, 0.1) is 6.92 Å². The van der Waals surface area contributed by atoms with E-state index in [1.54, 1.807) is 17.6 Å². The molecule has 3 aromatic rings. The van der Waals surface area contributed by atoms with E-state index in [-0.39, 0.29) is 12.1 Å². The highest BCUT2D eigenvalue weighted by Gasteiger charge is 2.13. The molecule has 0 spiro atoms. The minimum atomic E-state index is -0.967. The predicted molar refractivity (Wildman–Crippen MR) is 77.3 cm³/mol. The van der Waals surface area contributed by atoms with Gasteiger partial charge < -0.3 is 9.67 Å². The average molecular weight is 283 g/mol. The topological polar surface area (TPSA) is 76.6 Å². The summed E-state index contributed by atoms with van der Waals surface area (Å²) in [5, 5.41) is 13.3. The maximum atomic E-state index is 12.0. The number of aliphatic carboxylic acids is 1. The van der Waals surface area contributed by atoms with Crippen LogP contribution in [0.2, 0.25) is 0 Å². The van der Waals surface area contributed by atoms with Crippen LogP contribution in [-0.4, -0.2) is 25.3 Å². The molecule has 6 heteroatoms. The average Bonchev–Trinajstić information content (AvgIpc) is 2.90. The Morgan fingerprint density at radius 3 is 2.62 bits per heavy atom. The molecule has 0 aliphatic rings. The Balaban J connectivity index is 2.27. The maximum absolute atomic E-state index is 12.0. The lowest BCUT2D eigenvalue weighted by molar-refractivity contribution is -0.137. The molecule has 0 atom stereocenters. The zero-order valence-corrected chi connectivity index (χ0v) is 11.4. The van der Waals surface area contributed by atoms with Crippen LogP contribution >= 0.6 is 0 Å². The smallest absolute Gasteiger partial charge is 0.323 e. The molecule has 106 valence electrons. The van der Waals surface area contributed by atoms with Crippen LogP contribution in [0.5, 0.6) is 0 Å². The van der Waals surface area contributed by atoms with Gasteiger partial charge in [0.2, 0.25) is 0 Å². The molecule has 6 nitrogen and oxygen atoms in total. The molecule has 0 radical (unpaired) electrons. The summed E-state index contributed by atoms with van der Waals surface area (Å²) in [5.74, 6) is -0.967. The molecule has 2 aromatic heterocycles. The Bertz CT molecular complexity index is 878. The summed E-state index contributed by atoms with van der Waals surface area (Å²) >= 11 is 0. The van der Waals surface area contributed by atoms with Crippen molar-refractivity contribution in [3.63, 3.8) is 0 Å². The highest BCUT2D eigenvalue weighted by Crippen LogP contribution is 2.19. The summed E-state index contributed by atoms with van der Waals surface area (Å²) in [6.45, 7) is 1.50.